The van der Waals surface area contributed by atoms with E-state index in [9.17, 15) is 4.39 Å². The third kappa shape index (κ3) is 5.60. The van der Waals surface area contributed by atoms with Crippen LogP contribution >= 0.6 is 0 Å². The molecule has 6 rings (SSSR count). The van der Waals surface area contributed by atoms with Crippen LogP contribution in [-0.2, 0) is 13.1 Å². The number of anilines is 2. The van der Waals surface area contributed by atoms with E-state index in [-0.39, 0.29) is 5.82 Å². The van der Waals surface area contributed by atoms with Gasteiger partial charge in [-0.25, -0.2) is 20.5 Å². The van der Waals surface area contributed by atoms with Crippen LogP contribution in [0, 0.1) is 12.4 Å². The van der Waals surface area contributed by atoms with E-state index in [4.69, 9.17) is 6.57 Å². The highest BCUT2D eigenvalue weighted by Crippen LogP contribution is 2.27. The van der Waals surface area contributed by atoms with Gasteiger partial charge in [0.2, 0.25) is 6.54 Å². The monoisotopic (exact) mass is 523 g/mol. The number of hydrogen-bond donors (Lipinski definition) is 1. The quantitative estimate of drug-likeness (QED) is 0.304. The molecule has 1 fully saturated rings. The van der Waals surface area contributed by atoms with Gasteiger partial charge in [0.05, 0.1) is 24.8 Å². The summed E-state index contributed by atoms with van der Waals surface area (Å²) in [6.45, 7) is 13.8. The van der Waals surface area contributed by atoms with Crippen LogP contribution in [0.5, 0.6) is 0 Å². The van der Waals surface area contributed by atoms with E-state index in [1.807, 2.05) is 39.8 Å². The maximum atomic E-state index is 13.6. The molecule has 0 radical (unpaired) electrons. The lowest BCUT2D eigenvalue weighted by Gasteiger charge is -2.20. The second-order valence-electron chi connectivity index (χ2n) is 9.93. The van der Waals surface area contributed by atoms with Crippen LogP contribution in [0.4, 0.5) is 15.9 Å². The number of fused-ring (bicyclic) bond motifs is 2. The molecule has 0 bridgehead atoms. The average Bonchev–Trinajstić information content (AvgIpc) is 3.46. The fraction of sp³-hybridized carbons (Fsp3) is 0.310. The number of aromatic nitrogens is 5. The summed E-state index contributed by atoms with van der Waals surface area (Å²) in [6.07, 6.45) is 6.48. The molecule has 1 saturated heterocycles. The highest BCUT2D eigenvalue weighted by atomic mass is 19.1. The summed E-state index contributed by atoms with van der Waals surface area (Å²) in [5.74, 6) is 0.510. The Balaban J connectivity index is 1.20. The lowest BCUT2D eigenvalue weighted by molar-refractivity contribution is 0.257. The van der Waals surface area contributed by atoms with Crippen molar-refractivity contribution in [1.82, 2.24) is 34.2 Å². The van der Waals surface area contributed by atoms with Crippen LogP contribution in [-0.4, -0.2) is 73.4 Å². The van der Waals surface area contributed by atoms with Gasteiger partial charge in [-0.3, -0.25) is 14.5 Å². The van der Waals surface area contributed by atoms with Crippen molar-refractivity contribution >= 4 is 27.9 Å². The minimum Gasteiger partial charge on any atom is -0.338 e. The first kappa shape index (κ1) is 25.0. The summed E-state index contributed by atoms with van der Waals surface area (Å²) < 4.78 is 17.4. The molecule has 39 heavy (non-hydrogen) atoms. The molecule has 9 nitrogen and oxygen atoms in total. The zero-order valence-electron chi connectivity index (χ0n) is 21.7. The molecule has 10 heteroatoms. The topological polar surface area (TPSA) is 70.9 Å². The van der Waals surface area contributed by atoms with Crippen molar-refractivity contribution in [2.75, 3.05) is 44.6 Å². The molecule has 0 aliphatic carbocycles. The van der Waals surface area contributed by atoms with Crippen molar-refractivity contribution in [3.63, 3.8) is 0 Å². The largest absolute Gasteiger partial charge is 0.338 e. The molecule has 1 aliphatic heterocycles. The van der Waals surface area contributed by atoms with Crippen LogP contribution in [0.2, 0.25) is 0 Å². The first-order chi connectivity index (χ1) is 19.2. The predicted octanol–water partition coefficient (Wildman–Crippen LogP) is 4.44. The minimum absolute atomic E-state index is 0.245. The van der Waals surface area contributed by atoms with Crippen LogP contribution in [0.25, 0.3) is 21.3 Å². The van der Waals surface area contributed by atoms with E-state index >= 15 is 0 Å². The Bertz CT molecular complexity index is 1630. The molecule has 0 saturated carbocycles. The van der Waals surface area contributed by atoms with Gasteiger partial charge < -0.3 is 10.2 Å². The second kappa shape index (κ2) is 11.2. The first-order valence-corrected chi connectivity index (χ1v) is 13.2. The van der Waals surface area contributed by atoms with Crippen LogP contribution in [0.3, 0.4) is 0 Å². The van der Waals surface area contributed by atoms with Gasteiger partial charge >= 0.3 is 0 Å². The van der Waals surface area contributed by atoms with Crippen molar-refractivity contribution < 1.29 is 4.39 Å². The van der Waals surface area contributed by atoms with Crippen molar-refractivity contribution in [2.45, 2.75) is 19.5 Å². The van der Waals surface area contributed by atoms with Gasteiger partial charge in [0, 0.05) is 36.9 Å². The first-order valence-electron chi connectivity index (χ1n) is 13.2. The Labute approximate surface area is 226 Å². The molecular formula is C29H30FN9. The summed E-state index contributed by atoms with van der Waals surface area (Å²) in [5, 5.41) is 13.5. The SMILES string of the molecule is [C-]#[N+]CCN1CCCN(Cc2ccn3ncnc(Nc4ccc5c(cnn5Cc5cccc(F)c5)c4)c23)CC1. The van der Waals surface area contributed by atoms with Gasteiger partial charge in [-0.1, -0.05) is 12.1 Å². The summed E-state index contributed by atoms with van der Waals surface area (Å²) >= 11 is 0. The van der Waals surface area contributed by atoms with Crippen molar-refractivity contribution in [2.24, 2.45) is 0 Å². The fourth-order valence-corrected chi connectivity index (χ4v) is 5.31. The van der Waals surface area contributed by atoms with Crippen molar-refractivity contribution in [1.29, 1.82) is 0 Å². The Kier molecular flexibility index (Phi) is 7.17. The number of hydrogen-bond acceptors (Lipinski definition) is 6. The van der Waals surface area contributed by atoms with Crippen molar-refractivity contribution in [3.05, 3.63) is 95.6 Å². The van der Waals surface area contributed by atoms with E-state index < -0.39 is 0 Å². The average molecular weight is 524 g/mol. The second-order valence-corrected chi connectivity index (χ2v) is 9.93. The Morgan fingerprint density at radius 3 is 2.77 bits per heavy atom. The summed E-state index contributed by atoms with van der Waals surface area (Å²) in [5.41, 5.74) is 4.90. The van der Waals surface area contributed by atoms with Gasteiger partial charge in [0.15, 0.2) is 5.82 Å². The normalized spacial score (nSPS) is 15.0. The van der Waals surface area contributed by atoms with E-state index in [2.05, 4.69) is 47.3 Å². The highest BCUT2D eigenvalue weighted by Gasteiger charge is 2.18. The summed E-state index contributed by atoms with van der Waals surface area (Å²) in [6, 6.07) is 14.8. The smallest absolute Gasteiger partial charge is 0.227 e. The van der Waals surface area contributed by atoms with E-state index in [1.54, 1.807) is 12.4 Å². The van der Waals surface area contributed by atoms with E-state index in [0.29, 0.717) is 13.1 Å². The third-order valence-electron chi connectivity index (χ3n) is 7.27. The molecule has 4 heterocycles. The standard InChI is InChI=1S/C29H30FN9/c1-31-9-13-36-10-3-11-37(15-14-36)20-23-8-12-38-28(23)29(32-21-34-38)35-26-6-7-27-24(17-26)18-33-39(27)19-22-4-2-5-25(30)16-22/h2,4-8,12,16-18,21H,3,9-11,13-15,19-20H2,(H,32,34,35). The number of halogens is 1. The fourth-order valence-electron chi connectivity index (χ4n) is 5.31. The molecular weight excluding hydrogens is 493 g/mol. The molecule has 198 valence electrons. The number of nitrogens with one attached hydrogen (secondary N) is 1. The van der Waals surface area contributed by atoms with Gasteiger partial charge in [-0.2, -0.15) is 10.2 Å². The lowest BCUT2D eigenvalue weighted by atomic mass is 10.2. The summed E-state index contributed by atoms with van der Waals surface area (Å²) in [4.78, 5) is 13.0. The predicted molar refractivity (Wildman–Crippen MR) is 149 cm³/mol. The summed E-state index contributed by atoms with van der Waals surface area (Å²) in [7, 11) is 0. The number of benzene rings is 2. The molecule has 0 amide bonds. The van der Waals surface area contributed by atoms with Gasteiger partial charge in [0.1, 0.15) is 17.7 Å². The Hall–Kier alpha value is -4.33. The maximum absolute atomic E-state index is 13.6. The van der Waals surface area contributed by atoms with Gasteiger partial charge in [0.25, 0.3) is 0 Å². The zero-order chi connectivity index (χ0) is 26.6. The van der Waals surface area contributed by atoms with Crippen LogP contribution in [0.1, 0.15) is 17.5 Å². The van der Waals surface area contributed by atoms with Crippen LogP contribution in [0.15, 0.2) is 67.3 Å². The molecule has 5 aromatic rings. The zero-order valence-corrected chi connectivity index (χ0v) is 21.7. The molecule has 3 aromatic heterocycles. The molecule has 2 aromatic carbocycles. The lowest BCUT2D eigenvalue weighted by Crippen LogP contribution is -2.31. The number of nitrogens with zero attached hydrogens (tertiary/aromatic N) is 8. The molecule has 0 spiro atoms. The van der Waals surface area contributed by atoms with Crippen LogP contribution < -0.4 is 5.32 Å². The molecule has 1 aliphatic rings. The Morgan fingerprint density at radius 2 is 1.87 bits per heavy atom. The van der Waals surface area contributed by atoms with E-state index in [1.165, 1.54) is 17.7 Å². The van der Waals surface area contributed by atoms with Gasteiger partial charge in [-0.05, 0) is 67.0 Å². The molecule has 0 atom stereocenters. The third-order valence-corrected chi connectivity index (χ3v) is 7.27. The molecule has 1 N–H and O–H groups in total. The van der Waals surface area contributed by atoms with Gasteiger partial charge in [-0.15, -0.1) is 0 Å². The van der Waals surface area contributed by atoms with Crippen molar-refractivity contribution in [3.8, 4) is 0 Å². The Morgan fingerprint density at radius 1 is 0.974 bits per heavy atom. The molecule has 0 unspecified atom stereocenters. The maximum Gasteiger partial charge on any atom is 0.227 e. The highest BCUT2D eigenvalue weighted by molar-refractivity contribution is 5.85. The minimum atomic E-state index is -0.245. The van der Waals surface area contributed by atoms with E-state index in [0.717, 1.165) is 79.2 Å². The number of rotatable bonds is 8.